The first kappa shape index (κ1) is 17.3. The molecule has 2 aliphatic rings. The van der Waals surface area contributed by atoms with Crippen LogP contribution in [0.25, 0.3) is 0 Å². The summed E-state index contributed by atoms with van der Waals surface area (Å²) >= 11 is 0. The third-order valence-electron chi connectivity index (χ3n) is 5.55. The van der Waals surface area contributed by atoms with Crippen LogP contribution in [-0.4, -0.2) is 29.1 Å². The lowest BCUT2D eigenvalue weighted by Gasteiger charge is -2.36. The minimum absolute atomic E-state index is 0.157. The summed E-state index contributed by atoms with van der Waals surface area (Å²) in [5, 5.41) is 9.59. The Bertz CT molecular complexity index is 591. The van der Waals surface area contributed by atoms with Gasteiger partial charge >= 0.3 is 12.1 Å². The van der Waals surface area contributed by atoms with Crippen molar-refractivity contribution in [2.45, 2.75) is 44.8 Å². The Morgan fingerprint density at radius 2 is 1.79 bits per heavy atom. The van der Waals surface area contributed by atoms with E-state index in [-0.39, 0.29) is 11.3 Å². The molecule has 3 rings (SSSR count). The number of hydrogen-bond donors (Lipinski definition) is 1. The highest BCUT2D eigenvalue weighted by Crippen LogP contribution is 2.48. The van der Waals surface area contributed by atoms with Crippen molar-refractivity contribution in [1.29, 1.82) is 0 Å². The van der Waals surface area contributed by atoms with Crippen LogP contribution in [0, 0.1) is 11.3 Å². The number of alkyl halides is 3. The standard InChI is InChI=1S/C18H22F3NO2/c19-18(20,21)14-6-4-13(5-7-14)10-22-11-15(16(23)24)17(12-22)8-2-1-3-9-17/h4-7,15H,1-3,8-12H2,(H,23,24)/t15-/m1/s1. The van der Waals surface area contributed by atoms with E-state index in [1.165, 1.54) is 12.1 Å². The highest BCUT2D eigenvalue weighted by molar-refractivity contribution is 5.72. The van der Waals surface area contributed by atoms with Crippen LogP contribution in [0.15, 0.2) is 24.3 Å². The predicted octanol–water partition coefficient (Wildman–Crippen LogP) is 4.17. The summed E-state index contributed by atoms with van der Waals surface area (Å²) < 4.78 is 37.9. The minimum atomic E-state index is -4.33. The maximum absolute atomic E-state index is 12.6. The first-order chi connectivity index (χ1) is 11.3. The van der Waals surface area contributed by atoms with E-state index in [0.29, 0.717) is 13.1 Å². The van der Waals surface area contributed by atoms with Crippen molar-refractivity contribution >= 4 is 5.97 Å². The van der Waals surface area contributed by atoms with Crippen LogP contribution in [0.4, 0.5) is 13.2 Å². The van der Waals surface area contributed by atoms with Gasteiger partial charge in [-0.3, -0.25) is 9.69 Å². The molecule has 1 N–H and O–H groups in total. The van der Waals surface area contributed by atoms with Gasteiger partial charge in [-0.05, 0) is 36.0 Å². The zero-order valence-electron chi connectivity index (χ0n) is 13.5. The first-order valence-electron chi connectivity index (χ1n) is 8.41. The van der Waals surface area contributed by atoms with Crippen molar-refractivity contribution in [1.82, 2.24) is 4.90 Å². The number of likely N-dealkylation sites (tertiary alicyclic amines) is 1. The van der Waals surface area contributed by atoms with Gasteiger partial charge in [0, 0.05) is 19.6 Å². The van der Waals surface area contributed by atoms with Gasteiger partial charge in [-0.1, -0.05) is 31.4 Å². The predicted molar refractivity (Wildman–Crippen MR) is 83.4 cm³/mol. The average molecular weight is 341 g/mol. The Hall–Kier alpha value is -1.56. The molecule has 1 aliphatic heterocycles. The van der Waals surface area contributed by atoms with E-state index >= 15 is 0 Å². The molecule has 1 aliphatic carbocycles. The van der Waals surface area contributed by atoms with Gasteiger partial charge in [-0.2, -0.15) is 13.2 Å². The first-order valence-corrected chi connectivity index (χ1v) is 8.41. The van der Waals surface area contributed by atoms with Crippen LogP contribution in [0.2, 0.25) is 0 Å². The molecule has 0 amide bonds. The highest BCUT2D eigenvalue weighted by atomic mass is 19.4. The summed E-state index contributed by atoms with van der Waals surface area (Å²) in [5.41, 5.74) is -0.0180. The van der Waals surface area contributed by atoms with E-state index in [0.717, 1.165) is 56.3 Å². The van der Waals surface area contributed by atoms with Crippen molar-refractivity contribution in [2.75, 3.05) is 13.1 Å². The molecule has 1 aromatic rings. The number of carboxylic acids is 1. The highest BCUT2D eigenvalue weighted by Gasteiger charge is 2.50. The molecule has 1 saturated heterocycles. The number of benzene rings is 1. The summed E-state index contributed by atoms with van der Waals surface area (Å²) in [6.07, 6.45) is 0.844. The third kappa shape index (κ3) is 3.43. The minimum Gasteiger partial charge on any atom is -0.481 e. The van der Waals surface area contributed by atoms with Gasteiger partial charge in [-0.25, -0.2) is 0 Å². The van der Waals surface area contributed by atoms with Gasteiger partial charge < -0.3 is 5.11 Å². The molecule has 0 bridgehead atoms. The maximum Gasteiger partial charge on any atom is 0.416 e. The van der Waals surface area contributed by atoms with E-state index in [1.807, 2.05) is 0 Å². The number of aliphatic carboxylic acids is 1. The molecule has 0 radical (unpaired) electrons. The number of nitrogens with zero attached hydrogens (tertiary/aromatic N) is 1. The Balaban J connectivity index is 1.71. The SMILES string of the molecule is O=C(O)[C@H]1CN(Cc2ccc(C(F)(F)F)cc2)CC12CCCCC2. The summed E-state index contributed by atoms with van der Waals surface area (Å²) in [4.78, 5) is 13.8. The number of halogens is 3. The molecule has 1 aromatic carbocycles. The van der Waals surface area contributed by atoms with Gasteiger partial charge in [0.1, 0.15) is 0 Å². The van der Waals surface area contributed by atoms with Crippen LogP contribution in [0.5, 0.6) is 0 Å². The number of rotatable bonds is 3. The van der Waals surface area contributed by atoms with Gasteiger partial charge in [0.25, 0.3) is 0 Å². The molecule has 24 heavy (non-hydrogen) atoms. The van der Waals surface area contributed by atoms with Crippen LogP contribution in [0.3, 0.4) is 0 Å². The molecule has 1 heterocycles. The molecule has 132 valence electrons. The topological polar surface area (TPSA) is 40.5 Å². The van der Waals surface area contributed by atoms with Crippen molar-refractivity contribution < 1.29 is 23.1 Å². The molecule has 1 atom stereocenters. The van der Waals surface area contributed by atoms with E-state index < -0.39 is 17.7 Å². The van der Waals surface area contributed by atoms with Crippen LogP contribution >= 0.6 is 0 Å². The monoisotopic (exact) mass is 341 g/mol. The van der Waals surface area contributed by atoms with E-state index in [9.17, 15) is 23.1 Å². The van der Waals surface area contributed by atoms with Crippen molar-refractivity contribution in [3.05, 3.63) is 35.4 Å². The van der Waals surface area contributed by atoms with Gasteiger partial charge in [0.2, 0.25) is 0 Å². The van der Waals surface area contributed by atoms with E-state index in [2.05, 4.69) is 4.90 Å². The quantitative estimate of drug-likeness (QED) is 0.897. The maximum atomic E-state index is 12.6. The Morgan fingerprint density at radius 1 is 1.17 bits per heavy atom. The van der Waals surface area contributed by atoms with Crippen LogP contribution in [0.1, 0.15) is 43.2 Å². The smallest absolute Gasteiger partial charge is 0.416 e. The molecular weight excluding hydrogens is 319 g/mol. The van der Waals surface area contributed by atoms with Gasteiger partial charge in [0.15, 0.2) is 0 Å². The second-order valence-corrected chi connectivity index (χ2v) is 7.18. The van der Waals surface area contributed by atoms with Gasteiger partial charge in [0.05, 0.1) is 11.5 Å². The van der Waals surface area contributed by atoms with E-state index in [4.69, 9.17) is 0 Å². The summed E-state index contributed by atoms with van der Waals surface area (Å²) in [6, 6.07) is 5.17. The van der Waals surface area contributed by atoms with Crippen molar-refractivity contribution in [3.63, 3.8) is 0 Å². The normalized spacial score (nSPS) is 24.4. The zero-order valence-corrected chi connectivity index (χ0v) is 13.5. The zero-order chi connectivity index (χ0) is 17.4. The summed E-state index contributed by atoms with van der Waals surface area (Å²) in [7, 11) is 0. The number of hydrogen-bond acceptors (Lipinski definition) is 2. The second-order valence-electron chi connectivity index (χ2n) is 7.18. The molecule has 3 nitrogen and oxygen atoms in total. The number of carboxylic acid groups (broad SMARTS) is 1. The fraction of sp³-hybridized carbons (Fsp3) is 0.611. The Kier molecular flexibility index (Phi) is 4.60. The van der Waals surface area contributed by atoms with E-state index in [1.54, 1.807) is 0 Å². The lowest BCUT2D eigenvalue weighted by atomic mass is 9.68. The number of carbonyl (C=O) groups is 1. The lowest BCUT2D eigenvalue weighted by Crippen LogP contribution is -2.36. The summed E-state index contributed by atoms with van der Waals surface area (Å²) in [5.74, 6) is -1.11. The van der Waals surface area contributed by atoms with Gasteiger partial charge in [-0.15, -0.1) is 0 Å². The molecule has 1 saturated carbocycles. The fourth-order valence-electron chi connectivity index (χ4n) is 4.35. The lowest BCUT2D eigenvalue weighted by molar-refractivity contribution is -0.145. The third-order valence-corrected chi connectivity index (χ3v) is 5.55. The summed E-state index contributed by atoms with van der Waals surface area (Å²) in [6.45, 7) is 1.71. The molecule has 0 unspecified atom stereocenters. The van der Waals surface area contributed by atoms with Crippen molar-refractivity contribution in [2.24, 2.45) is 11.3 Å². The second kappa shape index (κ2) is 6.39. The Labute approximate surface area is 139 Å². The molecule has 6 heteroatoms. The van der Waals surface area contributed by atoms with Crippen LogP contribution < -0.4 is 0 Å². The average Bonchev–Trinajstić information content (AvgIpc) is 2.85. The fourth-order valence-corrected chi connectivity index (χ4v) is 4.35. The Morgan fingerprint density at radius 3 is 2.33 bits per heavy atom. The molecule has 0 aromatic heterocycles. The largest absolute Gasteiger partial charge is 0.481 e. The molecule has 2 fully saturated rings. The van der Waals surface area contributed by atoms with Crippen LogP contribution in [-0.2, 0) is 17.5 Å². The molecule has 1 spiro atoms. The molecular formula is C18H22F3NO2. The van der Waals surface area contributed by atoms with Crippen molar-refractivity contribution in [3.8, 4) is 0 Å².